The molecular formula is C6H14O6SSi. The summed E-state index contributed by atoms with van der Waals surface area (Å²) in [5, 5.41) is -0.557. The van der Waals surface area contributed by atoms with E-state index in [0.29, 0.717) is 12.8 Å². The van der Waals surface area contributed by atoms with Gasteiger partial charge < -0.3 is 14.4 Å². The highest BCUT2D eigenvalue weighted by Gasteiger charge is 2.34. The van der Waals surface area contributed by atoms with Gasteiger partial charge in [-0.05, 0) is 19.3 Å². The summed E-state index contributed by atoms with van der Waals surface area (Å²) in [6.07, 6.45) is 1.03. The van der Waals surface area contributed by atoms with Gasteiger partial charge in [-0.15, -0.1) is 0 Å². The third kappa shape index (κ3) is 3.63. The van der Waals surface area contributed by atoms with Gasteiger partial charge in [0.05, 0.1) is 11.9 Å². The van der Waals surface area contributed by atoms with E-state index < -0.39 is 24.2 Å². The van der Waals surface area contributed by atoms with Crippen molar-refractivity contribution in [3.63, 3.8) is 0 Å². The minimum atomic E-state index is -4.01. The summed E-state index contributed by atoms with van der Waals surface area (Å²) in [5.74, 6) is 0. The van der Waals surface area contributed by atoms with Crippen molar-refractivity contribution in [3.05, 3.63) is 0 Å². The van der Waals surface area contributed by atoms with Crippen LogP contribution in [0.2, 0.25) is 6.04 Å². The molecule has 14 heavy (non-hydrogen) atoms. The van der Waals surface area contributed by atoms with Gasteiger partial charge in [0.1, 0.15) is 0 Å². The van der Waals surface area contributed by atoms with Crippen LogP contribution in [0.1, 0.15) is 19.3 Å². The lowest BCUT2D eigenvalue weighted by molar-refractivity contribution is 0.226. The van der Waals surface area contributed by atoms with Crippen LogP contribution in [0.25, 0.3) is 0 Å². The Labute approximate surface area is 83.6 Å². The zero-order valence-corrected chi connectivity index (χ0v) is 9.40. The third-order valence-electron chi connectivity index (χ3n) is 2.13. The first-order chi connectivity index (χ1) is 6.31. The molecule has 0 radical (unpaired) electrons. The van der Waals surface area contributed by atoms with E-state index in [1.54, 1.807) is 0 Å². The molecule has 3 N–H and O–H groups in total. The standard InChI is InChI=1S/C6H14O6SSi/c7-13(8)6(3-4-12-13)2-1-5-14(9,10)11/h6,9-11H,1-5H2. The van der Waals surface area contributed by atoms with Crippen molar-refractivity contribution >= 4 is 18.9 Å². The lowest BCUT2D eigenvalue weighted by Gasteiger charge is -2.10. The van der Waals surface area contributed by atoms with Crippen LogP contribution < -0.4 is 0 Å². The zero-order valence-electron chi connectivity index (χ0n) is 7.59. The molecule has 6 nitrogen and oxygen atoms in total. The highest BCUT2D eigenvalue weighted by molar-refractivity contribution is 7.87. The normalized spacial score (nSPS) is 26.6. The summed E-state index contributed by atoms with van der Waals surface area (Å²) >= 11 is 0. The average Bonchev–Trinajstić information content (AvgIpc) is 2.28. The molecule has 1 unspecified atom stereocenters. The minimum absolute atomic E-state index is 0.126. The largest absolute Gasteiger partial charge is 0.492 e. The maximum absolute atomic E-state index is 11.1. The molecule has 0 aromatic carbocycles. The molecule has 0 amide bonds. The summed E-state index contributed by atoms with van der Waals surface area (Å²) < 4.78 is 26.8. The smallest absolute Gasteiger partial charge is 0.390 e. The Morgan fingerprint density at radius 3 is 2.43 bits per heavy atom. The molecule has 0 saturated carbocycles. The van der Waals surface area contributed by atoms with E-state index in [2.05, 4.69) is 4.18 Å². The van der Waals surface area contributed by atoms with Crippen molar-refractivity contribution in [2.75, 3.05) is 6.61 Å². The molecule has 1 rings (SSSR count). The Morgan fingerprint density at radius 1 is 1.36 bits per heavy atom. The topological polar surface area (TPSA) is 104 Å². The molecule has 1 atom stereocenters. The lowest BCUT2D eigenvalue weighted by Crippen LogP contribution is -2.34. The molecule has 1 aliphatic rings. The van der Waals surface area contributed by atoms with Crippen LogP contribution in [0.3, 0.4) is 0 Å². The first-order valence-electron chi connectivity index (χ1n) is 4.37. The van der Waals surface area contributed by atoms with Crippen molar-refractivity contribution in [1.82, 2.24) is 0 Å². The maximum Gasteiger partial charge on any atom is 0.492 e. The Balaban J connectivity index is 2.33. The first-order valence-corrected chi connectivity index (χ1v) is 7.89. The van der Waals surface area contributed by atoms with E-state index >= 15 is 0 Å². The van der Waals surface area contributed by atoms with Crippen molar-refractivity contribution in [2.24, 2.45) is 0 Å². The van der Waals surface area contributed by atoms with Gasteiger partial charge in [0.15, 0.2) is 0 Å². The summed E-state index contributed by atoms with van der Waals surface area (Å²) in [4.78, 5) is 26.1. The molecule has 0 spiro atoms. The van der Waals surface area contributed by atoms with Gasteiger partial charge >= 0.3 is 8.80 Å². The van der Waals surface area contributed by atoms with E-state index in [4.69, 9.17) is 14.4 Å². The number of rotatable bonds is 4. The molecule has 1 heterocycles. The van der Waals surface area contributed by atoms with Crippen molar-refractivity contribution in [1.29, 1.82) is 0 Å². The monoisotopic (exact) mass is 242 g/mol. The molecule has 1 fully saturated rings. The van der Waals surface area contributed by atoms with Crippen LogP contribution in [0.4, 0.5) is 0 Å². The van der Waals surface area contributed by atoms with Crippen molar-refractivity contribution in [3.8, 4) is 0 Å². The van der Waals surface area contributed by atoms with Crippen LogP contribution >= 0.6 is 0 Å². The van der Waals surface area contributed by atoms with E-state index in [-0.39, 0.29) is 19.1 Å². The lowest BCUT2D eigenvalue weighted by atomic mass is 10.2. The second kappa shape index (κ2) is 4.25. The third-order valence-corrected chi connectivity index (χ3v) is 4.94. The molecule has 0 bridgehead atoms. The average molecular weight is 242 g/mol. The van der Waals surface area contributed by atoms with Crippen LogP contribution in [-0.2, 0) is 14.3 Å². The summed E-state index contributed by atoms with van der Waals surface area (Å²) in [7, 11) is -7.45. The fraction of sp³-hybridized carbons (Fsp3) is 1.00. The molecule has 1 saturated heterocycles. The number of hydrogen-bond donors (Lipinski definition) is 3. The molecule has 1 aliphatic heterocycles. The van der Waals surface area contributed by atoms with Crippen LogP contribution in [0, 0.1) is 0 Å². The van der Waals surface area contributed by atoms with Gasteiger partial charge in [0, 0.05) is 6.04 Å². The fourth-order valence-electron chi connectivity index (χ4n) is 1.39. The quantitative estimate of drug-likeness (QED) is 0.422. The molecule has 0 aliphatic carbocycles. The molecular weight excluding hydrogens is 228 g/mol. The van der Waals surface area contributed by atoms with Gasteiger partial charge in [0.2, 0.25) is 0 Å². The fourth-order valence-corrected chi connectivity index (χ4v) is 3.43. The first kappa shape index (κ1) is 12.1. The Morgan fingerprint density at radius 2 is 2.00 bits per heavy atom. The predicted molar refractivity (Wildman–Crippen MR) is 49.7 cm³/mol. The Bertz CT molecular complexity index is 281. The van der Waals surface area contributed by atoms with Crippen LogP contribution in [0.15, 0.2) is 0 Å². The van der Waals surface area contributed by atoms with Crippen LogP contribution in [0.5, 0.6) is 0 Å². The SMILES string of the molecule is O=S1(=O)OCCC1CCC[Si](O)(O)O. The molecule has 0 aromatic rings. The predicted octanol–water partition coefficient (Wildman–Crippen LogP) is -1.20. The van der Waals surface area contributed by atoms with Gasteiger partial charge in [-0.1, -0.05) is 0 Å². The highest BCUT2D eigenvalue weighted by Crippen LogP contribution is 2.23. The maximum atomic E-state index is 11.1. The van der Waals surface area contributed by atoms with E-state index in [1.807, 2.05) is 0 Å². The van der Waals surface area contributed by atoms with Gasteiger partial charge in [-0.2, -0.15) is 8.42 Å². The minimum Gasteiger partial charge on any atom is -0.390 e. The van der Waals surface area contributed by atoms with Gasteiger partial charge in [0.25, 0.3) is 10.1 Å². The van der Waals surface area contributed by atoms with Crippen LogP contribution in [-0.4, -0.2) is 43.5 Å². The second-order valence-electron chi connectivity index (χ2n) is 3.39. The van der Waals surface area contributed by atoms with Gasteiger partial charge in [-0.25, -0.2) is 0 Å². The van der Waals surface area contributed by atoms with E-state index in [9.17, 15) is 8.42 Å². The summed E-state index contributed by atoms with van der Waals surface area (Å²) in [6, 6.07) is -0.126. The zero-order chi connectivity index (χ0) is 10.8. The van der Waals surface area contributed by atoms with Crippen molar-refractivity contribution in [2.45, 2.75) is 30.6 Å². The second-order valence-corrected chi connectivity index (χ2v) is 7.33. The Kier molecular flexibility index (Phi) is 3.67. The molecule has 0 aromatic heterocycles. The number of hydrogen-bond acceptors (Lipinski definition) is 6. The van der Waals surface area contributed by atoms with Crippen molar-refractivity contribution < 1.29 is 27.0 Å². The highest BCUT2D eigenvalue weighted by atomic mass is 32.2. The van der Waals surface area contributed by atoms with E-state index in [0.717, 1.165) is 0 Å². The molecule has 84 valence electrons. The van der Waals surface area contributed by atoms with Gasteiger partial charge in [-0.3, -0.25) is 4.18 Å². The van der Waals surface area contributed by atoms with E-state index in [1.165, 1.54) is 0 Å². The molecule has 8 heteroatoms. The summed E-state index contributed by atoms with van der Waals surface area (Å²) in [5.41, 5.74) is 0. The summed E-state index contributed by atoms with van der Waals surface area (Å²) in [6.45, 7) is 0.201. The Hall–Kier alpha value is 0.00688.